The van der Waals surface area contributed by atoms with Gasteiger partial charge in [0, 0.05) is 6.07 Å². The highest BCUT2D eigenvalue weighted by Crippen LogP contribution is 2.37. The van der Waals surface area contributed by atoms with Crippen molar-refractivity contribution in [2.24, 2.45) is 11.7 Å². The minimum absolute atomic E-state index is 0.227. The minimum Gasteiger partial charge on any atom is -0.497 e. The topological polar surface area (TPSA) is 73.6 Å². The molecular weight excluding hydrogens is 268 g/mol. The number of benzene rings is 1. The summed E-state index contributed by atoms with van der Waals surface area (Å²) < 4.78 is 10.9. The molecule has 1 aromatic carbocycles. The van der Waals surface area contributed by atoms with Crippen LogP contribution in [0, 0.1) is 5.92 Å². The number of amides is 1. The Balaban J connectivity index is 1.92. The summed E-state index contributed by atoms with van der Waals surface area (Å²) in [6.45, 7) is 0.564. The van der Waals surface area contributed by atoms with Gasteiger partial charge in [-0.3, -0.25) is 4.79 Å². The van der Waals surface area contributed by atoms with Gasteiger partial charge in [0.25, 0.3) is 0 Å². The number of carbonyl (C=O) groups is 1. The van der Waals surface area contributed by atoms with E-state index >= 15 is 0 Å². The fraction of sp³-hybridized carbons (Fsp3) is 0.562. The van der Waals surface area contributed by atoms with Gasteiger partial charge in [0.15, 0.2) is 0 Å². The lowest BCUT2D eigenvalue weighted by Crippen LogP contribution is -2.56. The van der Waals surface area contributed by atoms with Crippen molar-refractivity contribution in [3.8, 4) is 11.5 Å². The molecule has 2 unspecified atom stereocenters. The normalized spacial score (nSPS) is 24.8. The van der Waals surface area contributed by atoms with E-state index in [2.05, 4.69) is 5.32 Å². The number of methoxy groups -OCH3 is 1. The van der Waals surface area contributed by atoms with E-state index in [-0.39, 0.29) is 11.8 Å². The van der Waals surface area contributed by atoms with Crippen molar-refractivity contribution < 1.29 is 14.3 Å². The molecule has 0 heterocycles. The Labute approximate surface area is 125 Å². The molecule has 0 aromatic heterocycles. The summed E-state index contributed by atoms with van der Waals surface area (Å²) in [7, 11) is 3.44. The Morgan fingerprint density at radius 2 is 2.24 bits per heavy atom. The van der Waals surface area contributed by atoms with Gasteiger partial charge in [-0.25, -0.2) is 0 Å². The van der Waals surface area contributed by atoms with E-state index in [1.165, 1.54) is 0 Å². The summed E-state index contributed by atoms with van der Waals surface area (Å²) >= 11 is 0. The van der Waals surface area contributed by atoms with Crippen LogP contribution in [0.25, 0.3) is 0 Å². The van der Waals surface area contributed by atoms with Crippen molar-refractivity contribution in [2.45, 2.75) is 31.2 Å². The standard InChI is InChI=1S/C16H24N2O3/c1-18-16(15(17)19)9-4-5-12(16)8-10-21-14-7-3-6-13(11-14)20-2/h3,6-7,11-12,18H,4-5,8-10H2,1-2H3,(H2,17,19). The van der Waals surface area contributed by atoms with E-state index in [1.807, 2.05) is 31.3 Å². The van der Waals surface area contributed by atoms with Crippen molar-refractivity contribution in [1.82, 2.24) is 5.32 Å². The number of hydrogen-bond donors (Lipinski definition) is 2. The van der Waals surface area contributed by atoms with Gasteiger partial charge in [-0.15, -0.1) is 0 Å². The van der Waals surface area contributed by atoms with E-state index in [0.29, 0.717) is 6.61 Å². The van der Waals surface area contributed by atoms with Gasteiger partial charge in [-0.05, 0) is 44.4 Å². The molecule has 1 fully saturated rings. The van der Waals surface area contributed by atoms with Crippen LogP contribution in [0.3, 0.4) is 0 Å². The molecule has 2 rings (SSSR count). The predicted molar refractivity (Wildman–Crippen MR) is 81.4 cm³/mol. The highest BCUT2D eigenvalue weighted by atomic mass is 16.5. The highest BCUT2D eigenvalue weighted by molar-refractivity contribution is 5.85. The van der Waals surface area contributed by atoms with Crippen LogP contribution in [0.5, 0.6) is 11.5 Å². The van der Waals surface area contributed by atoms with Gasteiger partial charge in [-0.2, -0.15) is 0 Å². The fourth-order valence-electron chi connectivity index (χ4n) is 3.26. The number of carbonyl (C=O) groups excluding carboxylic acids is 1. The molecule has 5 heteroatoms. The molecule has 21 heavy (non-hydrogen) atoms. The second-order valence-electron chi connectivity index (χ2n) is 5.49. The molecule has 116 valence electrons. The summed E-state index contributed by atoms with van der Waals surface area (Å²) in [4.78, 5) is 11.8. The van der Waals surface area contributed by atoms with E-state index < -0.39 is 5.54 Å². The molecule has 0 radical (unpaired) electrons. The average molecular weight is 292 g/mol. The zero-order valence-corrected chi connectivity index (χ0v) is 12.7. The lowest BCUT2D eigenvalue weighted by Gasteiger charge is -2.32. The van der Waals surface area contributed by atoms with Crippen molar-refractivity contribution in [3.63, 3.8) is 0 Å². The summed E-state index contributed by atoms with van der Waals surface area (Å²) in [5.41, 5.74) is 5.02. The summed E-state index contributed by atoms with van der Waals surface area (Å²) in [6.07, 6.45) is 3.64. The molecule has 1 aliphatic rings. The zero-order valence-electron chi connectivity index (χ0n) is 12.7. The SMILES string of the molecule is CNC1(C(N)=O)CCCC1CCOc1cccc(OC)c1. The van der Waals surface area contributed by atoms with Crippen molar-refractivity contribution in [2.75, 3.05) is 20.8 Å². The van der Waals surface area contributed by atoms with Crippen LogP contribution in [0.15, 0.2) is 24.3 Å². The molecule has 1 amide bonds. The van der Waals surface area contributed by atoms with Crippen LogP contribution in [-0.2, 0) is 4.79 Å². The first-order valence-corrected chi connectivity index (χ1v) is 7.38. The third-order valence-electron chi connectivity index (χ3n) is 4.48. The Morgan fingerprint density at radius 1 is 1.48 bits per heavy atom. The minimum atomic E-state index is -0.572. The van der Waals surface area contributed by atoms with E-state index in [1.54, 1.807) is 7.11 Å². The zero-order chi connectivity index (χ0) is 15.3. The van der Waals surface area contributed by atoms with Crippen LogP contribution in [0.1, 0.15) is 25.7 Å². The first kappa shape index (κ1) is 15.6. The third-order valence-corrected chi connectivity index (χ3v) is 4.48. The van der Waals surface area contributed by atoms with E-state index in [0.717, 1.165) is 37.2 Å². The number of primary amides is 1. The number of nitrogens with two attached hydrogens (primary N) is 1. The van der Waals surface area contributed by atoms with Crippen LogP contribution >= 0.6 is 0 Å². The molecule has 3 N–H and O–H groups in total. The Morgan fingerprint density at radius 3 is 2.90 bits per heavy atom. The molecule has 1 aliphatic carbocycles. The first-order chi connectivity index (χ1) is 10.1. The number of rotatable bonds is 7. The van der Waals surface area contributed by atoms with Crippen LogP contribution in [0.4, 0.5) is 0 Å². The van der Waals surface area contributed by atoms with Crippen molar-refractivity contribution in [1.29, 1.82) is 0 Å². The average Bonchev–Trinajstić information content (AvgIpc) is 2.92. The van der Waals surface area contributed by atoms with E-state index in [9.17, 15) is 4.79 Å². The molecule has 0 bridgehead atoms. The van der Waals surface area contributed by atoms with Crippen molar-refractivity contribution >= 4 is 5.91 Å². The first-order valence-electron chi connectivity index (χ1n) is 7.38. The maximum Gasteiger partial charge on any atom is 0.238 e. The van der Waals surface area contributed by atoms with Crippen LogP contribution in [-0.4, -0.2) is 32.2 Å². The Kier molecular flexibility index (Phi) is 5.07. The molecule has 0 spiro atoms. The van der Waals surface area contributed by atoms with Gasteiger partial charge < -0.3 is 20.5 Å². The molecule has 0 aliphatic heterocycles. The third kappa shape index (κ3) is 3.29. The second kappa shape index (κ2) is 6.80. The van der Waals surface area contributed by atoms with Crippen molar-refractivity contribution in [3.05, 3.63) is 24.3 Å². The van der Waals surface area contributed by atoms with E-state index in [4.69, 9.17) is 15.2 Å². The Bertz CT molecular complexity index is 492. The lowest BCUT2D eigenvalue weighted by atomic mass is 9.84. The number of likely N-dealkylation sites (N-methyl/N-ethyl adjacent to an activating group) is 1. The maximum atomic E-state index is 11.8. The lowest BCUT2D eigenvalue weighted by molar-refractivity contribution is -0.125. The van der Waals surface area contributed by atoms with Crippen LogP contribution < -0.4 is 20.5 Å². The van der Waals surface area contributed by atoms with Gasteiger partial charge in [-0.1, -0.05) is 12.5 Å². The molecule has 2 atom stereocenters. The molecule has 0 saturated heterocycles. The van der Waals surface area contributed by atoms with Crippen LogP contribution in [0.2, 0.25) is 0 Å². The number of ether oxygens (including phenoxy) is 2. The summed E-state index contributed by atoms with van der Waals surface area (Å²) in [5.74, 6) is 1.52. The highest BCUT2D eigenvalue weighted by Gasteiger charge is 2.46. The molecule has 1 aromatic rings. The molecular formula is C16H24N2O3. The predicted octanol–water partition coefficient (Wildman–Crippen LogP) is 1.71. The summed E-state index contributed by atoms with van der Waals surface area (Å²) in [6, 6.07) is 7.53. The Hall–Kier alpha value is -1.75. The van der Waals surface area contributed by atoms with Gasteiger partial charge >= 0.3 is 0 Å². The number of nitrogens with one attached hydrogen (secondary N) is 1. The number of hydrogen-bond acceptors (Lipinski definition) is 4. The monoisotopic (exact) mass is 292 g/mol. The van der Waals surface area contributed by atoms with Gasteiger partial charge in [0.1, 0.15) is 17.0 Å². The quantitative estimate of drug-likeness (QED) is 0.802. The van der Waals surface area contributed by atoms with Gasteiger partial charge in [0.05, 0.1) is 13.7 Å². The van der Waals surface area contributed by atoms with Gasteiger partial charge in [0.2, 0.25) is 5.91 Å². The fourth-order valence-corrected chi connectivity index (χ4v) is 3.26. The smallest absolute Gasteiger partial charge is 0.238 e. The maximum absolute atomic E-state index is 11.8. The second-order valence-corrected chi connectivity index (χ2v) is 5.49. The largest absolute Gasteiger partial charge is 0.497 e. The molecule has 5 nitrogen and oxygen atoms in total. The summed E-state index contributed by atoms with van der Waals surface area (Å²) in [5, 5.41) is 3.14. The molecule has 1 saturated carbocycles.